The SMILES string of the molecule is CCCNC(COc1cccc(C)c1)C(N)=O. The molecule has 4 heteroatoms. The van der Waals surface area contributed by atoms with Crippen LogP contribution in [-0.2, 0) is 4.79 Å². The third kappa shape index (κ3) is 4.87. The molecule has 0 bridgehead atoms. The summed E-state index contributed by atoms with van der Waals surface area (Å²) in [5, 5.41) is 3.05. The molecule has 1 rings (SSSR count). The summed E-state index contributed by atoms with van der Waals surface area (Å²) in [5.74, 6) is 0.376. The van der Waals surface area contributed by atoms with Crippen molar-refractivity contribution in [3.05, 3.63) is 29.8 Å². The van der Waals surface area contributed by atoms with Crippen LogP contribution in [0.4, 0.5) is 0 Å². The van der Waals surface area contributed by atoms with E-state index in [1.54, 1.807) is 0 Å². The van der Waals surface area contributed by atoms with Crippen LogP contribution in [0.1, 0.15) is 18.9 Å². The molecule has 0 radical (unpaired) electrons. The summed E-state index contributed by atoms with van der Waals surface area (Å²) in [7, 11) is 0. The maximum Gasteiger partial charge on any atom is 0.238 e. The summed E-state index contributed by atoms with van der Waals surface area (Å²) in [6.45, 7) is 5.05. The molecule has 0 heterocycles. The monoisotopic (exact) mass is 236 g/mol. The Morgan fingerprint density at radius 1 is 1.53 bits per heavy atom. The molecule has 1 amide bonds. The number of hydrogen-bond donors (Lipinski definition) is 2. The predicted octanol–water partition coefficient (Wildman–Crippen LogP) is 1.23. The van der Waals surface area contributed by atoms with Gasteiger partial charge in [-0.15, -0.1) is 0 Å². The van der Waals surface area contributed by atoms with Crippen LogP contribution >= 0.6 is 0 Å². The van der Waals surface area contributed by atoms with E-state index in [1.165, 1.54) is 0 Å². The number of amides is 1. The molecule has 1 aromatic rings. The highest BCUT2D eigenvalue weighted by molar-refractivity contribution is 5.80. The summed E-state index contributed by atoms with van der Waals surface area (Å²) in [6.07, 6.45) is 0.953. The van der Waals surface area contributed by atoms with Crippen molar-refractivity contribution < 1.29 is 9.53 Å². The Kier molecular flexibility index (Phi) is 5.49. The van der Waals surface area contributed by atoms with E-state index in [1.807, 2.05) is 38.1 Å². The van der Waals surface area contributed by atoms with E-state index in [-0.39, 0.29) is 12.5 Å². The van der Waals surface area contributed by atoms with E-state index in [0.29, 0.717) is 0 Å². The number of primary amides is 1. The van der Waals surface area contributed by atoms with Gasteiger partial charge in [0.1, 0.15) is 18.4 Å². The molecule has 0 spiro atoms. The van der Waals surface area contributed by atoms with Crippen molar-refractivity contribution in [3.63, 3.8) is 0 Å². The fourth-order valence-electron chi connectivity index (χ4n) is 1.44. The number of carbonyl (C=O) groups excluding carboxylic acids is 1. The van der Waals surface area contributed by atoms with Gasteiger partial charge in [0.05, 0.1) is 0 Å². The topological polar surface area (TPSA) is 64.3 Å². The molecular formula is C13H20N2O2. The van der Waals surface area contributed by atoms with Gasteiger partial charge in [-0.3, -0.25) is 4.79 Å². The van der Waals surface area contributed by atoms with Crippen molar-refractivity contribution in [2.45, 2.75) is 26.3 Å². The first-order chi connectivity index (χ1) is 8.13. The average Bonchev–Trinajstić information content (AvgIpc) is 2.28. The summed E-state index contributed by atoms with van der Waals surface area (Å²) < 4.78 is 5.54. The molecule has 1 aromatic carbocycles. The molecule has 3 N–H and O–H groups in total. The third-order valence-corrected chi connectivity index (χ3v) is 2.39. The molecule has 0 aromatic heterocycles. The number of carbonyl (C=O) groups is 1. The van der Waals surface area contributed by atoms with Gasteiger partial charge in [0, 0.05) is 0 Å². The van der Waals surface area contributed by atoms with Crippen molar-refractivity contribution in [3.8, 4) is 5.75 Å². The number of aryl methyl sites for hydroxylation is 1. The van der Waals surface area contributed by atoms with Crippen molar-refractivity contribution in [2.24, 2.45) is 5.73 Å². The highest BCUT2D eigenvalue weighted by Crippen LogP contribution is 2.12. The van der Waals surface area contributed by atoms with Gasteiger partial charge in [-0.05, 0) is 37.6 Å². The normalized spacial score (nSPS) is 12.1. The van der Waals surface area contributed by atoms with Crippen LogP contribution in [0.15, 0.2) is 24.3 Å². The van der Waals surface area contributed by atoms with Gasteiger partial charge in [0.25, 0.3) is 0 Å². The smallest absolute Gasteiger partial charge is 0.238 e. The Labute approximate surface area is 102 Å². The van der Waals surface area contributed by atoms with Crippen LogP contribution in [0.2, 0.25) is 0 Å². The average molecular weight is 236 g/mol. The van der Waals surface area contributed by atoms with E-state index in [0.717, 1.165) is 24.3 Å². The Hall–Kier alpha value is -1.55. The summed E-state index contributed by atoms with van der Waals surface area (Å²) >= 11 is 0. The number of nitrogens with one attached hydrogen (secondary N) is 1. The number of nitrogens with two attached hydrogens (primary N) is 1. The molecule has 17 heavy (non-hydrogen) atoms. The van der Waals surface area contributed by atoms with E-state index in [9.17, 15) is 4.79 Å². The van der Waals surface area contributed by atoms with Crippen molar-refractivity contribution in [1.29, 1.82) is 0 Å². The fourth-order valence-corrected chi connectivity index (χ4v) is 1.44. The van der Waals surface area contributed by atoms with E-state index in [4.69, 9.17) is 10.5 Å². The van der Waals surface area contributed by atoms with Gasteiger partial charge in [0.15, 0.2) is 0 Å². The Morgan fingerprint density at radius 3 is 2.88 bits per heavy atom. The Balaban J connectivity index is 2.48. The maximum absolute atomic E-state index is 11.2. The standard InChI is InChI=1S/C13H20N2O2/c1-3-7-15-12(13(14)16)9-17-11-6-4-5-10(2)8-11/h4-6,8,12,15H,3,7,9H2,1-2H3,(H2,14,16). The lowest BCUT2D eigenvalue weighted by Gasteiger charge is -2.16. The van der Waals surface area contributed by atoms with E-state index < -0.39 is 6.04 Å². The van der Waals surface area contributed by atoms with Gasteiger partial charge in [-0.1, -0.05) is 19.1 Å². The molecule has 0 aliphatic heterocycles. The van der Waals surface area contributed by atoms with Crippen molar-refractivity contribution in [1.82, 2.24) is 5.32 Å². The molecule has 1 unspecified atom stereocenters. The van der Waals surface area contributed by atoms with Gasteiger partial charge in [-0.2, -0.15) is 0 Å². The predicted molar refractivity (Wildman–Crippen MR) is 68.0 cm³/mol. The molecule has 0 aliphatic rings. The van der Waals surface area contributed by atoms with Gasteiger partial charge < -0.3 is 15.8 Å². The lowest BCUT2D eigenvalue weighted by Crippen LogP contribution is -2.45. The van der Waals surface area contributed by atoms with Crippen LogP contribution in [0.5, 0.6) is 5.75 Å². The number of hydrogen-bond acceptors (Lipinski definition) is 3. The van der Waals surface area contributed by atoms with E-state index >= 15 is 0 Å². The second kappa shape index (κ2) is 6.91. The Morgan fingerprint density at radius 2 is 2.29 bits per heavy atom. The van der Waals surface area contributed by atoms with Crippen molar-refractivity contribution >= 4 is 5.91 Å². The number of rotatable bonds is 7. The maximum atomic E-state index is 11.2. The number of ether oxygens (including phenoxy) is 1. The van der Waals surface area contributed by atoms with Gasteiger partial charge >= 0.3 is 0 Å². The highest BCUT2D eigenvalue weighted by Gasteiger charge is 2.14. The van der Waals surface area contributed by atoms with Crippen LogP contribution in [-0.4, -0.2) is 25.1 Å². The minimum Gasteiger partial charge on any atom is -0.491 e. The molecule has 0 aliphatic carbocycles. The second-order valence-electron chi connectivity index (χ2n) is 4.04. The first-order valence-electron chi connectivity index (χ1n) is 5.85. The molecule has 0 fully saturated rings. The van der Waals surface area contributed by atoms with Crippen molar-refractivity contribution in [2.75, 3.05) is 13.2 Å². The molecule has 94 valence electrons. The van der Waals surface area contributed by atoms with Gasteiger partial charge in [0.2, 0.25) is 5.91 Å². The summed E-state index contributed by atoms with van der Waals surface area (Å²) in [4.78, 5) is 11.2. The van der Waals surface area contributed by atoms with Crippen LogP contribution in [0, 0.1) is 6.92 Å². The lowest BCUT2D eigenvalue weighted by atomic mass is 10.2. The molecule has 1 atom stereocenters. The first kappa shape index (κ1) is 13.5. The zero-order valence-electron chi connectivity index (χ0n) is 10.4. The molecule has 0 saturated carbocycles. The Bertz CT molecular complexity index is 366. The fraction of sp³-hybridized carbons (Fsp3) is 0.462. The minimum atomic E-state index is -0.435. The van der Waals surface area contributed by atoms with Crippen LogP contribution in [0.25, 0.3) is 0 Å². The third-order valence-electron chi connectivity index (χ3n) is 2.39. The zero-order valence-corrected chi connectivity index (χ0v) is 10.4. The summed E-state index contributed by atoms with van der Waals surface area (Å²) in [6, 6.07) is 7.27. The van der Waals surface area contributed by atoms with Crippen LogP contribution in [0.3, 0.4) is 0 Å². The molecular weight excluding hydrogens is 216 g/mol. The van der Waals surface area contributed by atoms with Gasteiger partial charge in [-0.25, -0.2) is 0 Å². The quantitative estimate of drug-likeness (QED) is 0.748. The minimum absolute atomic E-state index is 0.263. The molecule has 4 nitrogen and oxygen atoms in total. The highest BCUT2D eigenvalue weighted by atomic mass is 16.5. The second-order valence-corrected chi connectivity index (χ2v) is 4.04. The summed E-state index contributed by atoms with van der Waals surface area (Å²) in [5.41, 5.74) is 6.41. The first-order valence-corrected chi connectivity index (χ1v) is 5.85. The van der Waals surface area contributed by atoms with Crippen LogP contribution < -0.4 is 15.8 Å². The molecule has 0 saturated heterocycles. The number of benzene rings is 1. The zero-order chi connectivity index (χ0) is 12.7. The van der Waals surface area contributed by atoms with E-state index in [2.05, 4.69) is 5.32 Å². The lowest BCUT2D eigenvalue weighted by molar-refractivity contribution is -0.120. The largest absolute Gasteiger partial charge is 0.491 e.